The fourth-order valence-electron chi connectivity index (χ4n) is 1.02. The molecule has 1 rings (SSSR count). The number of nitrogens with zero attached hydrogens (tertiary/aromatic N) is 1. The summed E-state index contributed by atoms with van der Waals surface area (Å²) in [6.45, 7) is 1.76. The molecule has 0 fully saturated rings. The summed E-state index contributed by atoms with van der Waals surface area (Å²) in [6, 6.07) is 0. The number of hydrogen-bond acceptors (Lipinski definition) is 5. The molecule has 15 heavy (non-hydrogen) atoms. The fraction of sp³-hybridized carbons (Fsp3) is 0.625. The van der Waals surface area contributed by atoms with Crippen LogP contribution < -0.4 is 0 Å². The summed E-state index contributed by atoms with van der Waals surface area (Å²) in [5.41, 5.74) is -0.270. The Bertz CT molecular complexity index is 283. The molecule has 0 aromatic rings. The molecule has 0 spiro atoms. The van der Waals surface area contributed by atoms with Crippen molar-refractivity contribution in [3.8, 4) is 0 Å². The molecule has 7 heteroatoms. The van der Waals surface area contributed by atoms with Crippen molar-refractivity contribution >= 4 is 17.9 Å². The molecule has 0 saturated carbocycles. The van der Waals surface area contributed by atoms with Gasteiger partial charge in [0.05, 0.1) is 12.5 Å². The normalized spacial score (nSPS) is 16.2. The number of rotatable bonds is 3. The van der Waals surface area contributed by atoms with Crippen molar-refractivity contribution in [1.82, 2.24) is 4.90 Å². The lowest BCUT2D eigenvalue weighted by Gasteiger charge is -2.13. The average Bonchev–Trinajstić information content (AvgIpc) is 2.47. The monoisotopic (exact) mass is 239 g/mol. The van der Waals surface area contributed by atoms with E-state index in [1.165, 1.54) is 11.9 Å². The van der Waals surface area contributed by atoms with E-state index in [2.05, 4.69) is 9.47 Å². The van der Waals surface area contributed by atoms with Gasteiger partial charge in [-0.15, -0.1) is 0 Å². The average molecular weight is 239 g/mol. The molecule has 1 heterocycles. The van der Waals surface area contributed by atoms with Crippen molar-refractivity contribution < 1.29 is 23.0 Å². The molecule has 1 aliphatic heterocycles. The Kier molecular flexibility index (Phi) is 4.19. The minimum atomic E-state index is -2.66. The Hall–Kier alpha value is -0.980. The highest BCUT2D eigenvalue weighted by Crippen LogP contribution is 2.34. The van der Waals surface area contributed by atoms with Gasteiger partial charge >= 0.3 is 6.16 Å². The molecule has 0 aromatic carbocycles. The zero-order valence-electron chi connectivity index (χ0n) is 8.33. The first-order valence-electron chi connectivity index (χ1n) is 4.27. The molecule has 0 radical (unpaired) electrons. The Balaban J connectivity index is 2.69. The van der Waals surface area contributed by atoms with Gasteiger partial charge < -0.3 is 14.4 Å². The smallest absolute Gasteiger partial charge is 0.434 e. The van der Waals surface area contributed by atoms with E-state index >= 15 is 0 Å². The van der Waals surface area contributed by atoms with Gasteiger partial charge in [0.15, 0.2) is 5.09 Å². The second-order valence-corrected chi connectivity index (χ2v) is 3.65. The number of alkyl halides is 2. The van der Waals surface area contributed by atoms with Crippen LogP contribution in [0.3, 0.4) is 0 Å². The van der Waals surface area contributed by atoms with E-state index in [0.717, 1.165) is 11.8 Å². The maximum absolute atomic E-state index is 12.5. The van der Waals surface area contributed by atoms with Crippen molar-refractivity contribution in [3.63, 3.8) is 0 Å². The number of carbonyl (C=O) groups is 1. The van der Waals surface area contributed by atoms with E-state index in [1.54, 1.807) is 6.92 Å². The van der Waals surface area contributed by atoms with Gasteiger partial charge in [0, 0.05) is 7.05 Å². The van der Waals surface area contributed by atoms with Crippen molar-refractivity contribution in [2.24, 2.45) is 0 Å². The van der Waals surface area contributed by atoms with Gasteiger partial charge in [-0.3, -0.25) is 0 Å². The van der Waals surface area contributed by atoms with Crippen LogP contribution in [-0.4, -0.2) is 37.0 Å². The molecule has 0 amide bonds. The van der Waals surface area contributed by atoms with E-state index in [4.69, 9.17) is 0 Å². The highest BCUT2D eigenvalue weighted by molar-refractivity contribution is 8.03. The van der Waals surface area contributed by atoms with Crippen LogP contribution >= 0.6 is 11.8 Å². The number of ether oxygens (including phenoxy) is 2. The molecule has 0 bridgehead atoms. The van der Waals surface area contributed by atoms with Gasteiger partial charge in [-0.05, 0) is 6.92 Å². The summed E-state index contributed by atoms with van der Waals surface area (Å²) in [7, 11) is 1.51. The third-order valence-corrected chi connectivity index (χ3v) is 2.73. The van der Waals surface area contributed by atoms with Crippen molar-refractivity contribution in [2.45, 2.75) is 13.3 Å². The Morgan fingerprint density at radius 1 is 1.67 bits per heavy atom. The largest absolute Gasteiger partial charge is 0.514 e. The van der Waals surface area contributed by atoms with Crippen LogP contribution in [0.2, 0.25) is 0 Å². The van der Waals surface area contributed by atoms with Crippen LogP contribution in [-0.2, 0) is 9.47 Å². The highest BCUT2D eigenvalue weighted by atomic mass is 32.2. The predicted molar refractivity (Wildman–Crippen MR) is 51.4 cm³/mol. The minimum absolute atomic E-state index is 0.0778. The van der Waals surface area contributed by atoms with E-state index in [-0.39, 0.29) is 17.4 Å². The minimum Gasteiger partial charge on any atom is -0.434 e. The second-order valence-electron chi connectivity index (χ2n) is 2.73. The lowest BCUT2D eigenvalue weighted by Crippen LogP contribution is -2.18. The third-order valence-electron chi connectivity index (χ3n) is 1.65. The van der Waals surface area contributed by atoms with Crippen LogP contribution in [0.15, 0.2) is 10.8 Å². The van der Waals surface area contributed by atoms with Gasteiger partial charge in [-0.1, -0.05) is 11.8 Å². The first-order chi connectivity index (χ1) is 7.06. The number of carbonyl (C=O) groups excluding carboxylic acids is 1. The van der Waals surface area contributed by atoms with Gasteiger partial charge in [0.2, 0.25) is 0 Å². The lowest BCUT2D eigenvalue weighted by atomic mass is 10.4. The van der Waals surface area contributed by atoms with Gasteiger partial charge in [0.1, 0.15) is 5.70 Å². The second kappa shape index (κ2) is 5.20. The zero-order valence-corrected chi connectivity index (χ0v) is 9.14. The number of allylic oxidation sites excluding steroid dienone is 1. The summed E-state index contributed by atoms with van der Waals surface area (Å²) in [5.74, 6) is 0.342. The van der Waals surface area contributed by atoms with Crippen LogP contribution in [0.1, 0.15) is 6.92 Å². The van der Waals surface area contributed by atoms with E-state index < -0.39 is 12.6 Å². The molecule has 0 aliphatic carbocycles. The Labute approximate surface area is 90.2 Å². The van der Waals surface area contributed by atoms with E-state index in [0.29, 0.717) is 5.88 Å². The SMILES string of the molecule is CCOC(=O)OC1=C(C(F)F)N(C)CS1. The topological polar surface area (TPSA) is 38.8 Å². The van der Waals surface area contributed by atoms with Crippen molar-refractivity contribution in [3.05, 3.63) is 10.8 Å². The van der Waals surface area contributed by atoms with Gasteiger partial charge in [0.25, 0.3) is 6.43 Å². The van der Waals surface area contributed by atoms with E-state index in [1.807, 2.05) is 0 Å². The standard InChI is InChI=1S/C8H11F2NO3S/c1-3-13-8(12)14-7-5(6(9)10)11(2)4-15-7/h6H,3-4H2,1-2H3. The molecule has 0 N–H and O–H groups in total. The molecule has 0 unspecified atom stereocenters. The van der Waals surface area contributed by atoms with E-state index in [9.17, 15) is 13.6 Å². The number of halogens is 2. The maximum atomic E-state index is 12.5. The summed E-state index contributed by atoms with van der Waals surface area (Å²) in [5, 5.41) is -0.0778. The van der Waals surface area contributed by atoms with Gasteiger partial charge in [-0.2, -0.15) is 0 Å². The molecule has 0 aromatic heterocycles. The summed E-state index contributed by atoms with van der Waals surface area (Å²) in [6.07, 6.45) is -3.61. The fourth-order valence-corrected chi connectivity index (χ4v) is 1.98. The third kappa shape index (κ3) is 2.98. The highest BCUT2D eigenvalue weighted by Gasteiger charge is 2.30. The summed E-state index contributed by atoms with van der Waals surface area (Å²) < 4.78 is 34.2. The molecule has 4 nitrogen and oxygen atoms in total. The maximum Gasteiger partial charge on any atom is 0.514 e. The first kappa shape index (κ1) is 12.1. The lowest BCUT2D eigenvalue weighted by molar-refractivity contribution is 0.0822. The first-order valence-corrected chi connectivity index (χ1v) is 5.25. The number of thioether (sulfide) groups is 1. The summed E-state index contributed by atoms with van der Waals surface area (Å²) >= 11 is 1.04. The molecule has 0 atom stereocenters. The van der Waals surface area contributed by atoms with Crippen molar-refractivity contribution in [2.75, 3.05) is 19.5 Å². The van der Waals surface area contributed by atoms with Gasteiger partial charge in [-0.25, -0.2) is 13.6 Å². The Morgan fingerprint density at radius 2 is 2.33 bits per heavy atom. The van der Waals surface area contributed by atoms with Crippen LogP contribution in [0.25, 0.3) is 0 Å². The van der Waals surface area contributed by atoms with Crippen LogP contribution in [0, 0.1) is 0 Å². The molecular weight excluding hydrogens is 228 g/mol. The quantitative estimate of drug-likeness (QED) is 0.706. The molecule has 1 aliphatic rings. The Morgan fingerprint density at radius 3 is 2.87 bits per heavy atom. The molecule has 86 valence electrons. The summed E-state index contributed by atoms with van der Waals surface area (Å²) in [4.78, 5) is 12.3. The predicted octanol–water partition coefficient (Wildman–Crippen LogP) is 2.23. The molecule has 0 saturated heterocycles. The van der Waals surface area contributed by atoms with Crippen LogP contribution in [0.4, 0.5) is 13.6 Å². The molecular formula is C8H11F2NO3S. The van der Waals surface area contributed by atoms with Crippen molar-refractivity contribution in [1.29, 1.82) is 0 Å². The van der Waals surface area contributed by atoms with Crippen LogP contribution in [0.5, 0.6) is 0 Å². The number of hydrogen-bond donors (Lipinski definition) is 0. The zero-order chi connectivity index (χ0) is 11.4.